The number of carbonyl (C=O) groups is 1. The molecule has 3 aromatic rings. The van der Waals surface area contributed by atoms with Gasteiger partial charge in [-0.15, -0.1) is 0 Å². The first-order valence-corrected chi connectivity index (χ1v) is 8.40. The van der Waals surface area contributed by atoms with Gasteiger partial charge in [-0.05, 0) is 42.2 Å². The molecule has 4 heteroatoms. The van der Waals surface area contributed by atoms with Gasteiger partial charge in [-0.25, -0.2) is 4.98 Å². The Kier molecular flexibility index (Phi) is 3.95. The van der Waals surface area contributed by atoms with E-state index in [2.05, 4.69) is 27.4 Å². The van der Waals surface area contributed by atoms with Crippen LogP contribution in [0.4, 0.5) is 5.82 Å². The third kappa shape index (κ3) is 3.13. The fourth-order valence-electron chi connectivity index (χ4n) is 3.03. The van der Waals surface area contributed by atoms with Gasteiger partial charge in [0.25, 0.3) is 5.91 Å². The number of nitrogens with one attached hydrogen (secondary N) is 1. The van der Waals surface area contributed by atoms with Crippen molar-refractivity contribution in [2.45, 2.75) is 25.7 Å². The van der Waals surface area contributed by atoms with Gasteiger partial charge in [0, 0.05) is 5.56 Å². The molecule has 1 fully saturated rings. The Balaban J connectivity index is 1.46. The van der Waals surface area contributed by atoms with Gasteiger partial charge in [0.05, 0.1) is 17.2 Å². The van der Waals surface area contributed by atoms with E-state index in [1.165, 1.54) is 24.8 Å². The topological polar surface area (TPSA) is 54.9 Å². The van der Waals surface area contributed by atoms with Gasteiger partial charge in [-0.2, -0.15) is 0 Å². The van der Waals surface area contributed by atoms with E-state index in [9.17, 15) is 4.79 Å². The van der Waals surface area contributed by atoms with Crippen LogP contribution in [0.15, 0.2) is 54.7 Å². The zero-order valence-corrected chi connectivity index (χ0v) is 13.4. The average molecular weight is 317 g/mol. The van der Waals surface area contributed by atoms with Crippen molar-refractivity contribution in [2.75, 3.05) is 5.32 Å². The van der Waals surface area contributed by atoms with Crippen LogP contribution in [0.1, 0.15) is 35.2 Å². The highest BCUT2D eigenvalue weighted by atomic mass is 16.1. The largest absolute Gasteiger partial charge is 0.305 e. The van der Waals surface area contributed by atoms with Crippen molar-refractivity contribution < 1.29 is 4.79 Å². The summed E-state index contributed by atoms with van der Waals surface area (Å²) in [4.78, 5) is 21.1. The average Bonchev–Trinajstić information content (AvgIpc) is 2.58. The summed E-state index contributed by atoms with van der Waals surface area (Å²) in [6.45, 7) is 0. The number of aromatic nitrogens is 2. The smallest absolute Gasteiger partial charge is 0.256 e. The second kappa shape index (κ2) is 6.40. The summed E-state index contributed by atoms with van der Waals surface area (Å²) in [7, 11) is 0. The molecule has 1 N–H and O–H groups in total. The van der Waals surface area contributed by atoms with Gasteiger partial charge >= 0.3 is 0 Å². The van der Waals surface area contributed by atoms with Gasteiger partial charge in [-0.1, -0.05) is 43.5 Å². The summed E-state index contributed by atoms with van der Waals surface area (Å²) >= 11 is 0. The fourth-order valence-corrected chi connectivity index (χ4v) is 3.03. The third-order valence-corrected chi connectivity index (χ3v) is 4.66. The van der Waals surface area contributed by atoms with E-state index in [4.69, 9.17) is 0 Å². The van der Waals surface area contributed by atoms with Crippen molar-refractivity contribution in [1.82, 2.24) is 9.97 Å². The molecule has 1 aliphatic rings. The molecule has 1 saturated carbocycles. The zero-order chi connectivity index (χ0) is 16.4. The predicted octanol–water partition coefficient (Wildman–Crippen LogP) is 4.22. The highest BCUT2D eigenvalue weighted by molar-refractivity contribution is 6.04. The number of hydrogen-bond donors (Lipinski definition) is 1. The molecule has 4 rings (SSSR count). The molecule has 1 heterocycles. The maximum atomic E-state index is 12.4. The van der Waals surface area contributed by atoms with Crippen LogP contribution in [-0.4, -0.2) is 15.9 Å². The summed E-state index contributed by atoms with van der Waals surface area (Å²) < 4.78 is 0. The second-order valence-corrected chi connectivity index (χ2v) is 6.40. The molecular formula is C20H19N3O. The van der Waals surface area contributed by atoms with Gasteiger partial charge < -0.3 is 5.32 Å². The van der Waals surface area contributed by atoms with E-state index in [0.29, 0.717) is 11.4 Å². The van der Waals surface area contributed by atoms with Crippen LogP contribution < -0.4 is 5.32 Å². The lowest BCUT2D eigenvalue weighted by molar-refractivity contribution is 0.102. The molecule has 0 atom stereocenters. The van der Waals surface area contributed by atoms with Crippen LogP contribution in [-0.2, 0) is 6.42 Å². The predicted molar refractivity (Wildman–Crippen MR) is 95.0 cm³/mol. The minimum Gasteiger partial charge on any atom is -0.305 e. The standard InChI is InChI=1S/C20H19N3O/c24-20(16-10-8-15(9-11-16)12-14-4-3-5-14)23-19-13-21-17-6-1-2-7-18(17)22-19/h1-2,6-11,13-14H,3-5,12H2,(H,22,23,24). The molecular weight excluding hydrogens is 298 g/mol. The number of carbonyl (C=O) groups excluding carboxylic acids is 1. The van der Waals surface area contributed by atoms with E-state index in [1.54, 1.807) is 6.20 Å². The molecule has 4 nitrogen and oxygen atoms in total. The molecule has 2 aromatic carbocycles. The third-order valence-electron chi connectivity index (χ3n) is 4.66. The molecule has 0 radical (unpaired) electrons. The molecule has 0 aliphatic heterocycles. The van der Waals surface area contributed by atoms with Crippen molar-refractivity contribution in [3.8, 4) is 0 Å². The molecule has 1 aliphatic carbocycles. The highest BCUT2D eigenvalue weighted by Crippen LogP contribution is 2.29. The first kappa shape index (κ1) is 14.8. The Bertz CT molecular complexity index is 869. The normalized spacial score (nSPS) is 14.3. The number of rotatable bonds is 4. The minimum absolute atomic E-state index is 0.158. The summed E-state index contributed by atoms with van der Waals surface area (Å²) in [6, 6.07) is 15.5. The maximum Gasteiger partial charge on any atom is 0.256 e. The molecule has 0 unspecified atom stereocenters. The molecule has 1 aromatic heterocycles. The molecule has 0 spiro atoms. The van der Waals surface area contributed by atoms with E-state index < -0.39 is 0 Å². The maximum absolute atomic E-state index is 12.4. The number of amides is 1. The van der Waals surface area contributed by atoms with E-state index in [0.717, 1.165) is 23.4 Å². The number of fused-ring (bicyclic) bond motifs is 1. The molecule has 24 heavy (non-hydrogen) atoms. The van der Waals surface area contributed by atoms with Crippen molar-refractivity contribution in [1.29, 1.82) is 0 Å². The lowest BCUT2D eigenvalue weighted by Crippen LogP contribution is -2.15. The Labute approximate surface area is 141 Å². The van der Waals surface area contributed by atoms with Gasteiger partial charge in [0.15, 0.2) is 5.82 Å². The van der Waals surface area contributed by atoms with Crippen molar-refractivity contribution in [3.63, 3.8) is 0 Å². The first-order valence-electron chi connectivity index (χ1n) is 8.40. The minimum atomic E-state index is -0.158. The summed E-state index contributed by atoms with van der Waals surface area (Å²) in [5.74, 6) is 1.14. The first-order chi connectivity index (χ1) is 11.8. The molecule has 120 valence electrons. The quantitative estimate of drug-likeness (QED) is 0.783. The Morgan fingerprint density at radius 2 is 1.79 bits per heavy atom. The van der Waals surface area contributed by atoms with Gasteiger partial charge in [0.2, 0.25) is 0 Å². The molecule has 1 amide bonds. The summed E-state index contributed by atoms with van der Waals surface area (Å²) in [5, 5.41) is 2.82. The van der Waals surface area contributed by atoms with Crippen molar-refractivity contribution in [2.24, 2.45) is 5.92 Å². The van der Waals surface area contributed by atoms with E-state index in [-0.39, 0.29) is 5.91 Å². The van der Waals surface area contributed by atoms with Crippen LogP contribution in [0.3, 0.4) is 0 Å². The second-order valence-electron chi connectivity index (χ2n) is 6.40. The lowest BCUT2D eigenvalue weighted by atomic mass is 9.81. The van der Waals surface area contributed by atoms with Crippen LogP contribution in [0.25, 0.3) is 11.0 Å². The summed E-state index contributed by atoms with van der Waals surface area (Å²) in [5.41, 5.74) is 3.53. The number of para-hydroxylation sites is 2. The monoisotopic (exact) mass is 317 g/mol. The molecule has 0 saturated heterocycles. The Morgan fingerprint density at radius 3 is 2.50 bits per heavy atom. The van der Waals surface area contributed by atoms with Crippen LogP contribution in [0.5, 0.6) is 0 Å². The zero-order valence-electron chi connectivity index (χ0n) is 13.4. The number of anilines is 1. The Hall–Kier alpha value is -2.75. The summed E-state index contributed by atoms with van der Waals surface area (Å²) in [6.07, 6.45) is 6.74. The highest BCUT2D eigenvalue weighted by Gasteiger charge is 2.17. The van der Waals surface area contributed by atoms with Crippen LogP contribution in [0.2, 0.25) is 0 Å². The number of hydrogen-bond acceptors (Lipinski definition) is 3. The van der Waals surface area contributed by atoms with Crippen LogP contribution >= 0.6 is 0 Å². The van der Waals surface area contributed by atoms with E-state index in [1.807, 2.05) is 36.4 Å². The van der Waals surface area contributed by atoms with Gasteiger partial charge in [0.1, 0.15) is 0 Å². The number of nitrogens with zero attached hydrogens (tertiary/aromatic N) is 2. The van der Waals surface area contributed by atoms with Crippen molar-refractivity contribution in [3.05, 3.63) is 65.9 Å². The number of benzene rings is 2. The Morgan fingerprint density at radius 1 is 1.04 bits per heavy atom. The van der Waals surface area contributed by atoms with Gasteiger partial charge in [-0.3, -0.25) is 9.78 Å². The molecule has 0 bridgehead atoms. The SMILES string of the molecule is O=C(Nc1cnc2ccccc2n1)c1ccc(CC2CCC2)cc1. The lowest BCUT2D eigenvalue weighted by Gasteiger charge is -2.25. The fraction of sp³-hybridized carbons (Fsp3) is 0.250. The van der Waals surface area contributed by atoms with Crippen molar-refractivity contribution >= 4 is 22.8 Å². The van der Waals surface area contributed by atoms with E-state index >= 15 is 0 Å². The van der Waals surface area contributed by atoms with Crippen LogP contribution in [0, 0.1) is 5.92 Å².